The van der Waals surface area contributed by atoms with E-state index in [0.29, 0.717) is 22.3 Å². The molecule has 0 saturated carbocycles. The molecule has 0 bridgehead atoms. The lowest BCUT2D eigenvalue weighted by molar-refractivity contribution is -0.137. The standard InChI is InChI=1S/C42H27F3N4/c1-26-12-8-9-17-31(26)40-38(27-13-4-2-5-14-27)48-36-24-29(21-23-35(36)47-40)30-20-22-34-37(25-30)49-41(39(46-34)28-15-6-3-7-16-28)32-18-10-11-19-33(32)42(43,44)45/h2-25H,1H3. The van der Waals surface area contributed by atoms with Crippen molar-refractivity contribution in [3.63, 3.8) is 0 Å². The van der Waals surface area contributed by atoms with E-state index < -0.39 is 11.7 Å². The Balaban J connectivity index is 1.29. The molecular formula is C42H27F3N4. The summed E-state index contributed by atoms with van der Waals surface area (Å²) in [5.41, 5.74) is 9.37. The Morgan fingerprint density at radius 3 is 1.37 bits per heavy atom. The highest BCUT2D eigenvalue weighted by molar-refractivity contribution is 5.92. The van der Waals surface area contributed by atoms with Crippen molar-refractivity contribution >= 4 is 22.1 Å². The van der Waals surface area contributed by atoms with Gasteiger partial charge in [0, 0.05) is 22.3 Å². The second-order valence-corrected chi connectivity index (χ2v) is 11.8. The lowest BCUT2D eigenvalue weighted by Gasteiger charge is -2.16. The highest BCUT2D eigenvalue weighted by Gasteiger charge is 2.34. The van der Waals surface area contributed by atoms with Crippen LogP contribution in [0.15, 0.2) is 146 Å². The van der Waals surface area contributed by atoms with E-state index in [1.807, 2.05) is 109 Å². The van der Waals surface area contributed by atoms with Crippen LogP contribution in [0.5, 0.6) is 0 Å². The van der Waals surface area contributed by atoms with E-state index in [-0.39, 0.29) is 11.3 Å². The zero-order valence-electron chi connectivity index (χ0n) is 26.3. The minimum Gasteiger partial charge on any atom is -0.244 e. The fourth-order valence-electron chi connectivity index (χ4n) is 6.21. The molecule has 0 fully saturated rings. The quantitative estimate of drug-likeness (QED) is 0.187. The largest absolute Gasteiger partial charge is 0.417 e. The van der Waals surface area contributed by atoms with E-state index in [1.165, 1.54) is 12.1 Å². The van der Waals surface area contributed by atoms with Gasteiger partial charge >= 0.3 is 6.18 Å². The van der Waals surface area contributed by atoms with Crippen molar-refractivity contribution in [2.24, 2.45) is 0 Å². The summed E-state index contributed by atoms with van der Waals surface area (Å²) in [7, 11) is 0. The van der Waals surface area contributed by atoms with Crippen LogP contribution in [-0.4, -0.2) is 19.9 Å². The Morgan fingerprint density at radius 1 is 0.388 bits per heavy atom. The number of aromatic nitrogens is 4. The zero-order valence-corrected chi connectivity index (χ0v) is 26.3. The van der Waals surface area contributed by atoms with Crippen molar-refractivity contribution in [3.8, 4) is 56.2 Å². The predicted molar refractivity (Wildman–Crippen MR) is 190 cm³/mol. The number of benzene rings is 6. The molecule has 0 spiro atoms. The highest BCUT2D eigenvalue weighted by Crippen LogP contribution is 2.40. The molecule has 8 aromatic rings. The normalized spacial score (nSPS) is 11.7. The maximum Gasteiger partial charge on any atom is 0.417 e. The van der Waals surface area contributed by atoms with Crippen LogP contribution >= 0.6 is 0 Å². The Hall–Kier alpha value is -6.21. The molecule has 0 aliphatic heterocycles. The number of rotatable bonds is 5. The SMILES string of the molecule is Cc1ccccc1-c1nc2ccc(-c3ccc4nc(-c5ccccc5)c(-c5ccccc5C(F)(F)F)nc4c3)cc2nc1-c1ccccc1. The molecule has 4 nitrogen and oxygen atoms in total. The molecule has 2 heterocycles. The summed E-state index contributed by atoms with van der Waals surface area (Å²) in [6, 6.07) is 44.4. The van der Waals surface area contributed by atoms with Crippen LogP contribution in [0, 0.1) is 6.92 Å². The summed E-state index contributed by atoms with van der Waals surface area (Å²) < 4.78 is 42.6. The average molecular weight is 645 g/mol. The van der Waals surface area contributed by atoms with E-state index >= 15 is 0 Å². The van der Waals surface area contributed by atoms with Crippen LogP contribution in [0.1, 0.15) is 11.1 Å². The Kier molecular flexibility index (Phi) is 7.45. The van der Waals surface area contributed by atoms with Gasteiger partial charge in [-0.3, -0.25) is 0 Å². The molecule has 0 N–H and O–H groups in total. The molecule has 0 aliphatic rings. The van der Waals surface area contributed by atoms with Crippen LogP contribution in [0.2, 0.25) is 0 Å². The average Bonchev–Trinajstić information content (AvgIpc) is 3.14. The third-order valence-corrected chi connectivity index (χ3v) is 8.64. The molecule has 0 aliphatic carbocycles. The third kappa shape index (κ3) is 5.69. The van der Waals surface area contributed by atoms with Gasteiger partial charge in [-0.2, -0.15) is 13.2 Å². The van der Waals surface area contributed by atoms with Crippen molar-refractivity contribution in [2.75, 3.05) is 0 Å². The molecule has 236 valence electrons. The number of aryl methyl sites for hydroxylation is 1. The Labute approximate surface area is 280 Å². The number of nitrogens with zero attached hydrogens (tertiary/aromatic N) is 4. The number of alkyl halides is 3. The maximum atomic E-state index is 14.2. The first kappa shape index (κ1) is 30.1. The Morgan fingerprint density at radius 2 is 0.816 bits per heavy atom. The fraction of sp³-hybridized carbons (Fsp3) is 0.0476. The van der Waals surface area contributed by atoms with Crippen molar-refractivity contribution in [3.05, 3.63) is 157 Å². The van der Waals surface area contributed by atoms with Crippen LogP contribution in [-0.2, 0) is 6.18 Å². The summed E-state index contributed by atoms with van der Waals surface area (Å²) in [6.45, 7) is 2.07. The summed E-state index contributed by atoms with van der Waals surface area (Å²) in [5, 5.41) is 0. The molecule has 0 atom stereocenters. The van der Waals surface area contributed by atoms with Gasteiger partial charge in [0.2, 0.25) is 0 Å². The first-order chi connectivity index (χ1) is 23.8. The van der Waals surface area contributed by atoms with Gasteiger partial charge in [-0.05, 0) is 53.9 Å². The van der Waals surface area contributed by atoms with Crippen LogP contribution in [0.25, 0.3) is 78.2 Å². The van der Waals surface area contributed by atoms with Gasteiger partial charge in [-0.1, -0.05) is 115 Å². The minimum atomic E-state index is -4.56. The third-order valence-electron chi connectivity index (χ3n) is 8.64. The van der Waals surface area contributed by atoms with Gasteiger partial charge in [-0.25, -0.2) is 19.9 Å². The number of fused-ring (bicyclic) bond motifs is 2. The lowest BCUT2D eigenvalue weighted by atomic mass is 9.98. The van der Waals surface area contributed by atoms with Crippen LogP contribution in [0.3, 0.4) is 0 Å². The van der Waals surface area contributed by atoms with Gasteiger partial charge < -0.3 is 0 Å². The van der Waals surface area contributed by atoms with Gasteiger partial charge in [0.05, 0.1) is 50.4 Å². The molecule has 0 radical (unpaired) electrons. The van der Waals surface area contributed by atoms with Gasteiger partial charge in [0.1, 0.15) is 0 Å². The first-order valence-corrected chi connectivity index (χ1v) is 15.8. The molecule has 0 amide bonds. The molecule has 7 heteroatoms. The topological polar surface area (TPSA) is 51.6 Å². The summed E-state index contributed by atoms with van der Waals surface area (Å²) in [4.78, 5) is 20.0. The van der Waals surface area contributed by atoms with Crippen LogP contribution in [0.4, 0.5) is 13.2 Å². The van der Waals surface area contributed by atoms with Crippen LogP contribution < -0.4 is 0 Å². The smallest absolute Gasteiger partial charge is 0.244 e. The number of hydrogen-bond donors (Lipinski definition) is 0. The van der Waals surface area contributed by atoms with Crippen molar-refractivity contribution < 1.29 is 13.2 Å². The molecule has 8 rings (SSSR count). The monoisotopic (exact) mass is 644 g/mol. The molecule has 2 aromatic heterocycles. The van der Waals surface area contributed by atoms with Crippen molar-refractivity contribution in [2.45, 2.75) is 13.1 Å². The molecular weight excluding hydrogens is 617 g/mol. The maximum absolute atomic E-state index is 14.2. The lowest BCUT2D eigenvalue weighted by Crippen LogP contribution is -2.08. The van der Waals surface area contributed by atoms with E-state index in [0.717, 1.165) is 56.3 Å². The minimum absolute atomic E-state index is 0.0208. The van der Waals surface area contributed by atoms with Gasteiger partial charge in [0.25, 0.3) is 0 Å². The summed E-state index contributed by atoms with van der Waals surface area (Å²) in [6.07, 6.45) is -4.56. The Bertz CT molecular complexity index is 2490. The van der Waals surface area contributed by atoms with Gasteiger partial charge in [0.15, 0.2) is 0 Å². The van der Waals surface area contributed by atoms with E-state index in [9.17, 15) is 13.2 Å². The molecule has 49 heavy (non-hydrogen) atoms. The van der Waals surface area contributed by atoms with Crippen molar-refractivity contribution in [1.29, 1.82) is 0 Å². The zero-order chi connectivity index (χ0) is 33.5. The molecule has 0 saturated heterocycles. The second kappa shape index (κ2) is 12.1. The van der Waals surface area contributed by atoms with E-state index in [2.05, 4.69) is 19.1 Å². The van der Waals surface area contributed by atoms with E-state index in [1.54, 1.807) is 6.07 Å². The summed E-state index contributed by atoms with van der Waals surface area (Å²) >= 11 is 0. The first-order valence-electron chi connectivity index (χ1n) is 15.8. The van der Waals surface area contributed by atoms with Gasteiger partial charge in [-0.15, -0.1) is 0 Å². The fourth-order valence-corrected chi connectivity index (χ4v) is 6.21. The second-order valence-electron chi connectivity index (χ2n) is 11.8. The van der Waals surface area contributed by atoms with Crippen molar-refractivity contribution in [1.82, 2.24) is 19.9 Å². The van der Waals surface area contributed by atoms with E-state index in [4.69, 9.17) is 19.9 Å². The number of hydrogen-bond acceptors (Lipinski definition) is 4. The molecule has 6 aromatic carbocycles. The highest BCUT2D eigenvalue weighted by atomic mass is 19.4. The predicted octanol–water partition coefficient (Wildman–Crippen LogP) is 11.2. The number of halogens is 3. The summed E-state index contributed by atoms with van der Waals surface area (Å²) in [5.74, 6) is 0. The molecule has 0 unspecified atom stereocenters.